The Hall–Kier alpha value is -3.70. The van der Waals surface area contributed by atoms with Gasteiger partial charge in [0.15, 0.2) is 0 Å². The molecule has 0 spiro atoms. The summed E-state index contributed by atoms with van der Waals surface area (Å²) in [7, 11) is -4.70. The number of hydrogen-bond acceptors (Lipinski definition) is 7. The first-order chi connectivity index (χ1) is 14.0. The number of phosphoric ester groups is 1. The van der Waals surface area contributed by atoms with Crippen LogP contribution in [-0.4, -0.2) is 18.2 Å². The minimum Gasteiger partial charge on any atom is -0.386 e. The second-order valence-electron chi connectivity index (χ2n) is 5.71. The summed E-state index contributed by atoms with van der Waals surface area (Å²) in [6, 6.07) is 21.0. The van der Waals surface area contributed by atoms with E-state index in [1.54, 1.807) is 36.4 Å². The zero-order valence-electron chi connectivity index (χ0n) is 15.0. The van der Waals surface area contributed by atoms with Crippen LogP contribution in [0.3, 0.4) is 0 Å². The molecule has 0 bridgehead atoms. The van der Waals surface area contributed by atoms with Gasteiger partial charge in [0.2, 0.25) is 0 Å². The Bertz CT molecular complexity index is 990. The van der Waals surface area contributed by atoms with Crippen molar-refractivity contribution in [1.29, 1.82) is 0 Å². The van der Waals surface area contributed by atoms with Crippen molar-refractivity contribution in [3.63, 3.8) is 0 Å². The first-order valence-electron chi connectivity index (χ1n) is 8.42. The van der Waals surface area contributed by atoms with Gasteiger partial charge in [-0.2, -0.15) is 4.57 Å². The number of carbonyl (C=O) groups is 3. The highest BCUT2D eigenvalue weighted by molar-refractivity contribution is 7.50. The molecule has 3 rings (SSSR count). The van der Waals surface area contributed by atoms with Crippen molar-refractivity contribution in [2.75, 3.05) is 0 Å². The number of phosphoric acid groups is 1. The molecule has 0 aliphatic rings. The Morgan fingerprint density at radius 1 is 0.690 bits per heavy atom. The van der Waals surface area contributed by atoms with Crippen LogP contribution in [0, 0.1) is 0 Å². The van der Waals surface area contributed by atoms with E-state index in [1.165, 1.54) is 48.5 Å². The summed E-state index contributed by atoms with van der Waals surface area (Å²) >= 11 is 0. The molecule has 0 N–H and O–H groups in total. The topological polar surface area (TPSA) is 96.0 Å². The van der Waals surface area contributed by atoms with Crippen LogP contribution in [-0.2, 0) is 13.6 Å². The van der Waals surface area contributed by atoms with Crippen molar-refractivity contribution in [2.45, 2.75) is 0 Å². The van der Waals surface area contributed by atoms with Gasteiger partial charge in [-0.05, 0) is 48.5 Å². The minimum atomic E-state index is -4.70. The average Bonchev–Trinajstić information content (AvgIpc) is 2.75. The lowest BCUT2D eigenvalue weighted by Crippen LogP contribution is -2.13. The minimum absolute atomic E-state index is 0.0133. The second kappa shape index (κ2) is 8.99. The van der Waals surface area contributed by atoms with Gasteiger partial charge in [-0.3, -0.25) is 4.79 Å². The zero-order valence-corrected chi connectivity index (χ0v) is 15.9. The van der Waals surface area contributed by atoms with E-state index in [1.807, 2.05) is 0 Å². The molecule has 0 saturated carbocycles. The van der Waals surface area contributed by atoms with Gasteiger partial charge in [0.1, 0.15) is 12.0 Å². The van der Waals surface area contributed by atoms with Gasteiger partial charge >= 0.3 is 19.8 Å². The van der Waals surface area contributed by atoms with Crippen LogP contribution in [0.4, 0.5) is 0 Å². The van der Waals surface area contributed by atoms with E-state index in [0.29, 0.717) is 11.8 Å². The van der Waals surface area contributed by atoms with E-state index >= 15 is 0 Å². The standard InChI is InChI=1S/C21H15O7P/c22-15-16-11-13-19(14-12-16)26-29(25,27-20(23)17-7-3-1-4-8-17)28-21(24)18-9-5-2-6-10-18/h1-15H. The summed E-state index contributed by atoms with van der Waals surface area (Å²) in [4.78, 5) is 35.5. The van der Waals surface area contributed by atoms with E-state index in [-0.39, 0.29) is 16.9 Å². The summed E-state index contributed by atoms with van der Waals surface area (Å²) in [5.41, 5.74) is 0.557. The lowest BCUT2D eigenvalue weighted by atomic mass is 10.2. The lowest BCUT2D eigenvalue weighted by Gasteiger charge is -2.17. The van der Waals surface area contributed by atoms with Crippen LogP contribution in [0.2, 0.25) is 0 Å². The van der Waals surface area contributed by atoms with Gasteiger partial charge < -0.3 is 13.6 Å². The van der Waals surface area contributed by atoms with Gasteiger partial charge in [0, 0.05) is 5.56 Å². The molecule has 3 aromatic carbocycles. The van der Waals surface area contributed by atoms with Crippen molar-refractivity contribution in [3.8, 4) is 5.75 Å². The summed E-state index contributed by atoms with van der Waals surface area (Å²) < 4.78 is 28.3. The van der Waals surface area contributed by atoms with Gasteiger partial charge in [0.05, 0.1) is 11.1 Å². The molecule has 0 atom stereocenters. The van der Waals surface area contributed by atoms with E-state index in [2.05, 4.69) is 0 Å². The molecule has 0 aliphatic carbocycles. The molecule has 0 fully saturated rings. The smallest absolute Gasteiger partial charge is 0.386 e. The van der Waals surface area contributed by atoms with E-state index in [9.17, 15) is 18.9 Å². The number of hydrogen-bond donors (Lipinski definition) is 0. The van der Waals surface area contributed by atoms with E-state index < -0.39 is 19.8 Å². The first kappa shape index (κ1) is 20.0. The molecule has 8 heteroatoms. The summed E-state index contributed by atoms with van der Waals surface area (Å²) in [6.45, 7) is 0. The normalized spacial score (nSPS) is 10.6. The maximum absolute atomic E-state index is 13.1. The number of carbonyl (C=O) groups excluding carboxylic acids is 3. The molecule has 0 aromatic heterocycles. The van der Waals surface area contributed by atoms with Crippen LogP contribution in [0.1, 0.15) is 31.1 Å². The summed E-state index contributed by atoms with van der Waals surface area (Å²) in [5, 5.41) is 0. The quantitative estimate of drug-likeness (QED) is 0.411. The molecule has 0 radical (unpaired) electrons. The second-order valence-corrected chi connectivity index (χ2v) is 7.16. The van der Waals surface area contributed by atoms with Crippen LogP contribution in [0.15, 0.2) is 84.9 Å². The number of aldehydes is 1. The van der Waals surface area contributed by atoms with Crippen molar-refractivity contribution in [2.24, 2.45) is 0 Å². The van der Waals surface area contributed by atoms with Gasteiger partial charge in [0.25, 0.3) is 0 Å². The van der Waals surface area contributed by atoms with Crippen LogP contribution < -0.4 is 4.52 Å². The third-order valence-corrected chi connectivity index (χ3v) is 4.86. The number of rotatable bonds is 7. The Labute approximate surface area is 166 Å². The third kappa shape index (κ3) is 5.40. The third-order valence-electron chi connectivity index (χ3n) is 3.64. The molecule has 0 heterocycles. The lowest BCUT2D eigenvalue weighted by molar-refractivity contribution is 0.0574. The molecular formula is C21H15O7P. The molecule has 3 aromatic rings. The Balaban J connectivity index is 1.86. The number of benzene rings is 3. The SMILES string of the molecule is O=Cc1ccc(OP(=O)(OC(=O)c2ccccc2)OC(=O)c2ccccc2)cc1. The van der Waals surface area contributed by atoms with Crippen molar-refractivity contribution < 1.29 is 32.5 Å². The van der Waals surface area contributed by atoms with Gasteiger partial charge in [-0.25, -0.2) is 9.59 Å². The predicted octanol–water partition coefficient (Wildman–Crippen LogP) is 4.70. The molecule has 0 saturated heterocycles. The maximum Gasteiger partial charge on any atom is 0.652 e. The van der Waals surface area contributed by atoms with Crippen molar-refractivity contribution in [1.82, 2.24) is 0 Å². The fourth-order valence-electron chi connectivity index (χ4n) is 2.25. The fourth-order valence-corrected chi connectivity index (χ4v) is 3.36. The molecule has 0 aliphatic heterocycles. The van der Waals surface area contributed by atoms with Crippen molar-refractivity contribution >= 4 is 26.0 Å². The Morgan fingerprint density at radius 2 is 1.14 bits per heavy atom. The van der Waals surface area contributed by atoms with Crippen LogP contribution >= 0.6 is 7.82 Å². The van der Waals surface area contributed by atoms with E-state index in [4.69, 9.17) is 13.6 Å². The van der Waals surface area contributed by atoms with Gasteiger partial charge in [-0.15, -0.1) is 0 Å². The highest BCUT2D eigenvalue weighted by atomic mass is 31.2. The predicted molar refractivity (Wildman–Crippen MR) is 104 cm³/mol. The van der Waals surface area contributed by atoms with Crippen LogP contribution in [0.25, 0.3) is 0 Å². The molecular weight excluding hydrogens is 395 g/mol. The Morgan fingerprint density at radius 3 is 1.55 bits per heavy atom. The zero-order chi connectivity index (χ0) is 20.7. The summed E-state index contributed by atoms with van der Waals surface area (Å²) in [5.74, 6) is -1.99. The maximum atomic E-state index is 13.1. The summed E-state index contributed by atoms with van der Waals surface area (Å²) in [6.07, 6.45) is 0.619. The van der Waals surface area contributed by atoms with Gasteiger partial charge in [-0.1, -0.05) is 36.4 Å². The highest BCUT2D eigenvalue weighted by Crippen LogP contribution is 2.50. The largest absolute Gasteiger partial charge is 0.652 e. The molecule has 0 amide bonds. The first-order valence-corrected chi connectivity index (χ1v) is 9.88. The van der Waals surface area contributed by atoms with Crippen molar-refractivity contribution in [3.05, 3.63) is 102 Å². The van der Waals surface area contributed by atoms with E-state index in [0.717, 1.165) is 0 Å². The molecule has 29 heavy (non-hydrogen) atoms. The van der Waals surface area contributed by atoms with Crippen LogP contribution in [0.5, 0.6) is 5.75 Å². The highest BCUT2D eigenvalue weighted by Gasteiger charge is 2.38. The monoisotopic (exact) mass is 410 g/mol. The average molecular weight is 410 g/mol. The molecule has 146 valence electrons. The Kier molecular flexibility index (Phi) is 6.22. The fraction of sp³-hybridized carbons (Fsp3) is 0. The molecule has 7 nitrogen and oxygen atoms in total. The molecule has 0 unspecified atom stereocenters.